The smallest absolute Gasteiger partial charge is 0.304 e. The molecule has 0 radical (unpaired) electrons. The second-order valence-corrected chi connectivity index (χ2v) is 5.53. The molecule has 20 heavy (non-hydrogen) atoms. The van der Waals surface area contributed by atoms with E-state index in [0.29, 0.717) is 0 Å². The van der Waals surface area contributed by atoms with Crippen molar-refractivity contribution < 1.29 is 9.90 Å². The van der Waals surface area contributed by atoms with Gasteiger partial charge in [-0.3, -0.25) is 4.79 Å². The maximum Gasteiger partial charge on any atom is 0.304 e. The van der Waals surface area contributed by atoms with Crippen LogP contribution in [0.5, 0.6) is 0 Å². The fourth-order valence-corrected chi connectivity index (χ4v) is 3.02. The Balaban J connectivity index is 2.66. The molecule has 2 nitrogen and oxygen atoms in total. The molecule has 0 spiro atoms. The summed E-state index contributed by atoms with van der Waals surface area (Å²) in [7, 11) is 0. The lowest BCUT2D eigenvalue weighted by Crippen LogP contribution is -2.29. The van der Waals surface area contributed by atoms with E-state index < -0.39 is 11.4 Å². The summed E-state index contributed by atoms with van der Waals surface area (Å²) in [6.07, 6.45) is 0.0860. The van der Waals surface area contributed by atoms with Gasteiger partial charge in [0.05, 0.1) is 6.42 Å². The molecule has 104 valence electrons. The van der Waals surface area contributed by atoms with E-state index >= 15 is 0 Å². The molecule has 0 heterocycles. The van der Waals surface area contributed by atoms with Gasteiger partial charge >= 0.3 is 5.97 Å². The molecular formula is C18H20O2. The SMILES string of the molecule is Cc1ccccc1C(C)(CC(=O)O)c1ccccc1C. The third-order valence-electron chi connectivity index (χ3n) is 3.98. The first-order valence-electron chi connectivity index (χ1n) is 6.79. The van der Waals surface area contributed by atoms with Gasteiger partial charge in [-0.15, -0.1) is 0 Å². The van der Waals surface area contributed by atoms with Gasteiger partial charge in [-0.1, -0.05) is 55.5 Å². The van der Waals surface area contributed by atoms with E-state index in [1.165, 1.54) is 0 Å². The Morgan fingerprint density at radius 1 is 0.950 bits per heavy atom. The zero-order valence-electron chi connectivity index (χ0n) is 12.2. The van der Waals surface area contributed by atoms with Crippen molar-refractivity contribution in [3.8, 4) is 0 Å². The Kier molecular flexibility index (Phi) is 3.93. The lowest BCUT2D eigenvalue weighted by molar-refractivity contribution is -0.138. The molecule has 1 N–H and O–H groups in total. The van der Waals surface area contributed by atoms with Crippen molar-refractivity contribution in [3.63, 3.8) is 0 Å². The standard InChI is InChI=1S/C18H20O2/c1-13-8-4-6-10-15(13)18(3,12-17(19)20)16-11-7-5-9-14(16)2/h4-11H,12H2,1-3H3,(H,19,20). The maximum atomic E-state index is 11.4. The van der Waals surface area contributed by atoms with Crippen LogP contribution in [0.3, 0.4) is 0 Å². The van der Waals surface area contributed by atoms with Crippen molar-refractivity contribution in [1.29, 1.82) is 0 Å². The fourth-order valence-electron chi connectivity index (χ4n) is 3.02. The van der Waals surface area contributed by atoms with E-state index in [4.69, 9.17) is 0 Å². The molecule has 0 amide bonds. The monoisotopic (exact) mass is 268 g/mol. The third-order valence-corrected chi connectivity index (χ3v) is 3.98. The van der Waals surface area contributed by atoms with Crippen LogP contribution in [0, 0.1) is 13.8 Å². The summed E-state index contributed by atoms with van der Waals surface area (Å²) < 4.78 is 0. The van der Waals surface area contributed by atoms with Crippen LogP contribution in [-0.2, 0) is 10.2 Å². The van der Waals surface area contributed by atoms with Crippen LogP contribution < -0.4 is 0 Å². The van der Waals surface area contributed by atoms with Gasteiger partial charge in [0.25, 0.3) is 0 Å². The maximum absolute atomic E-state index is 11.4. The summed E-state index contributed by atoms with van der Waals surface area (Å²) in [6, 6.07) is 16.0. The minimum absolute atomic E-state index is 0.0860. The number of aliphatic carboxylic acids is 1. The van der Waals surface area contributed by atoms with E-state index in [-0.39, 0.29) is 6.42 Å². The molecule has 2 rings (SSSR count). The lowest BCUT2D eigenvalue weighted by atomic mass is 9.71. The first kappa shape index (κ1) is 14.3. The molecule has 0 bridgehead atoms. The molecule has 0 aliphatic carbocycles. The van der Waals surface area contributed by atoms with Gasteiger partial charge in [-0.05, 0) is 36.1 Å². The van der Waals surface area contributed by atoms with Gasteiger partial charge in [0.2, 0.25) is 0 Å². The predicted octanol–water partition coefficient (Wildman–Crippen LogP) is 4.08. The zero-order chi connectivity index (χ0) is 14.8. The topological polar surface area (TPSA) is 37.3 Å². The molecule has 0 aromatic heterocycles. The van der Waals surface area contributed by atoms with Crippen LogP contribution in [0.4, 0.5) is 0 Å². The average Bonchev–Trinajstić information content (AvgIpc) is 2.38. The van der Waals surface area contributed by atoms with Crippen LogP contribution in [0.15, 0.2) is 48.5 Å². The highest BCUT2D eigenvalue weighted by Gasteiger charge is 2.33. The highest BCUT2D eigenvalue weighted by Crippen LogP contribution is 2.38. The number of hydrogen-bond donors (Lipinski definition) is 1. The third kappa shape index (κ3) is 2.60. The summed E-state index contributed by atoms with van der Waals surface area (Å²) in [5.74, 6) is -0.779. The van der Waals surface area contributed by atoms with Crippen LogP contribution >= 0.6 is 0 Å². The summed E-state index contributed by atoms with van der Waals surface area (Å²) in [5, 5.41) is 9.35. The van der Waals surface area contributed by atoms with Crippen molar-refractivity contribution in [2.45, 2.75) is 32.6 Å². The molecule has 0 fully saturated rings. The Hall–Kier alpha value is -2.09. The highest BCUT2D eigenvalue weighted by molar-refractivity contribution is 5.71. The molecule has 2 aromatic rings. The van der Waals surface area contributed by atoms with Gasteiger partial charge in [0.1, 0.15) is 0 Å². The number of benzene rings is 2. The van der Waals surface area contributed by atoms with E-state index in [1.807, 2.05) is 69.3 Å². The quantitative estimate of drug-likeness (QED) is 0.907. The van der Waals surface area contributed by atoms with E-state index in [2.05, 4.69) is 0 Å². The molecule has 0 saturated carbocycles. The number of rotatable bonds is 4. The molecule has 0 atom stereocenters. The summed E-state index contributed by atoms with van der Waals surface area (Å²) >= 11 is 0. The van der Waals surface area contributed by atoms with Crippen molar-refractivity contribution in [2.24, 2.45) is 0 Å². The van der Waals surface area contributed by atoms with Gasteiger partial charge in [-0.25, -0.2) is 0 Å². The average molecular weight is 268 g/mol. The number of aryl methyl sites for hydroxylation is 2. The van der Waals surface area contributed by atoms with Crippen molar-refractivity contribution in [2.75, 3.05) is 0 Å². The molecule has 2 heteroatoms. The van der Waals surface area contributed by atoms with Crippen LogP contribution in [0.1, 0.15) is 35.6 Å². The van der Waals surface area contributed by atoms with E-state index in [0.717, 1.165) is 22.3 Å². The minimum Gasteiger partial charge on any atom is -0.481 e. The van der Waals surface area contributed by atoms with Crippen LogP contribution in [0.25, 0.3) is 0 Å². The van der Waals surface area contributed by atoms with Gasteiger partial charge in [0.15, 0.2) is 0 Å². The molecular weight excluding hydrogens is 248 g/mol. The second-order valence-electron chi connectivity index (χ2n) is 5.53. The summed E-state index contributed by atoms with van der Waals surface area (Å²) in [4.78, 5) is 11.4. The van der Waals surface area contributed by atoms with Crippen molar-refractivity contribution in [3.05, 3.63) is 70.8 Å². The molecule has 0 aliphatic heterocycles. The van der Waals surface area contributed by atoms with Crippen LogP contribution in [0.2, 0.25) is 0 Å². The molecule has 0 unspecified atom stereocenters. The van der Waals surface area contributed by atoms with Crippen LogP contribution in [-0.4, -0.2) is 11.1 Å². The highest BCUT2D eigenvalue weighted by atomic mass is 16.4. The fraction of sp³-hybridized carbons (Fsp3) is 0.278. The number of carbonyl (C=O) groups is 1. The van der Waals surface area contributed by atoms with Gasteiger partial charge in [0, 0.05) is 5.41 Å². The zero-order valence-corrected chi connectivity index (χ0v) is 12.2. The van der Waals surface area contributed by atoms with Crippen molar-refractivity contribution >= 4 is 5.97 Å². The first-order chi connectivity index (χ1) is 9.45. The lowest BCUT2D eigenvalue weighted by Gasteiger charge is -2.32. The normalized spacial score (nSPS) is 11.3. The summed E-state index contributed by atoms with van der Waals surface area (Å²) in [6.45, 7) is 6.09. The molecule has 2 aromatic carbocycles. The second kappa shape index (κ2) is 5.49. The van der Waals surface area contributed by atoms with E-state index in [1.54, 1.807) is 0 Å². The number of carboxylic acid groups (broad SMARTS) is 1. The Labute approximate surface area is 120 Å². The number of carboxylic acids is 1. The number of hydrogen-bond acceptors (Lipinski definition) is 1. The van der Waals surface area contributed by atoms with Gasteiger partial charge < -0.3 is 5.11 Å². The molecule has 0 saturated heterocycles. The van der Waals surface area contributed by atoms with E-state index in [9.17, 15) is 9.90 Å². The van der Waals surface area contributed by atoms with Gasteiger partial charge in [-0.2, -0.15) is 0 Å². The summed E-state index contributed by atoms with van der Waals surface area (Å²) in [5.41, 5.74) is 3.90. The predicted molar refractivity (Wildman–Crippen MR) is 81.1 cm³/mol. The Bertz CT molecular complexity index is 583. The Morgan fingerprint density at radius 3 is 1.70 bits per heavy atom. The first-order valence-corrected chi connectivity index (χ1v) is 6.79. The Morgan fingerprint density at radius 2 is 1.35 bits per heavy atom. The largest absolute Gasteiger partial charge is 0.481 e. The molecule has 0 aliphatic rings. The minimum atomic E-state index is -0.779. The van der Waals surface area contributed by atoms with Crippen molar-refractivity contribution in [1.82, 2.24) is 0 Å².